The van der Waals surface area contributed by atoms with Crippen LogP contribution in [-0.4, -0.2) is 21.4 Å². The molecule has 0 saturated carbocycles. The molecule has 6 heteroatoms. The van der Waals surface area contributed by atoms with Crippen LogP contribution in [0.1, 0.15) is 15.9 Å². The molecule has 5 aromatic rings. The first kappa shape index (κ1) is 21.2. The lowest BCUT2D eigenvalue weighted by Crippen LogP contribution is -2.15. The van der Waals surface area contributed by atoms with Gasteiger partial charge in [0.2, 0.25) is 11.9 Å². The number of benzene rings is 4. The Morgan fingerprint density at radius 3 is 2.53 bits per heavy atom. The number of aromatic nitrogens is 2. The Hall–Kier alpha value is -4.71. The fourth-order valence-electron chi connectivity index (χ4n) is 3.96. The molecule has 6 nitrogen and oxygen atoms in total. The van der Waals surface area contributed by atoms with E-state index in [1.165, 1.54) is 6.08 Å². The van der Waals surface area contributed by atoms with Crippen molar-refractivity contribution in [2.45, 2.75) is 6.92 Å². The minimum Gasteiger partial charge on any atom is -0.322 e. The Morgan fingerprint density at radius 2 is 1.71 bits per heavy atom. The summed E-state index contributed by atoms with van der Waals surface area (Å²) < 4.78 is 1.87. The van der Waals surface area contributed by atoms with Crippen LogP contribution in [0.25, 0.3) is 27.5 Å². The maximum Gasteiger partial charge on any atom is 0.258 e. The molecule has 1 heterocycles. The molecule has 0 atom stereocenters. The van der Waals surface area contributed by atoms with E-state index in [1.807, 2.05) is 84.3 Å². The van der Waals surface area contributed by atoms with Crippen molar-refractivity contribution in [3.8, 4) is 5.69 Å². The van der Waals surface area contributed by atoms with Gasteiger partial charge in [0.25, 0.3) is 5.91 Å². The van der Waals surface area contributed by atoms with Gasteiger partial charge in [-0.1, -0.05) is 49.0 Å². The lowest BCUT2D eigenvalue weighted by molar-refractivity contribution is -0.111. The van der Waals surface area contributed by atoms with Gasteiger partial charge >= 0.3 is 0 Å². The highest BCUT2D eigenvalue weighted by atomic mass is 16.2. The van der Waals surface area contributed by atoms with Gasteiger partial charge in [0.05, 0.1) is 16.7 Å². The first-order valence-corrected chi connectivity index (χ1v) is 10.8. The second kappa shape index (κ2) is 8.67. The highest BCUT2D eigenvalue weighted by molar-refractivity contribution is 6.06. The number of anilines is 2. The minimum absolute atomic E-state index is 0.254. The highest BCUT2D eigenvalue weighted by Gasteiger charge is 2.17. The summed E-state index contributed by atoms with van der Waals surface area (Å²) in [6.07, 6.45) is 1.22. The normalized spacial score (nSPS) is 10.9. The molecule has 0 aliphatic carbocycles. The Kier molecular flexibility index (Phi) is 5.40. The molecule has 4 aromatic carbocycles. The maximum absolute atomic E-state index is 13.2. The quantitative estimate of drug-likeness (QED) is 0.332. The maximum atomic E-state index is 13.2. The van der Waals surface area contributed by atoms with Crippen molar-refractivity contribution in [3.63, 3.8) is 0 Å². The molecule has 0 spiro atoms. The molecule has 0 aliphatic rings. The molecular weight excluding hydrogens is 424 g/mol. The van der Waals surface area contributed by atoms with Crippen molar-refractivity contribution in [2.75, 3.05) is 10.6 Å². The van der Waals surface area contributed by atoms with Crippen LogP contribution in [0.3, 0.4) is 0 Å². The van der Waals surface area contributed by atoms with Crippen molar-refractivity contribution < 1.29 is 9.59 Å². The van der Waals surface area contributed by atoms with Gasteiger partial charge in [-0.25, -0.2) is 4.98 Å². The van der Waals surface area contributed by atoms with Crippen LogP contribution >= 0.6 is 0 Å². The number of rotatable bonds is 5. The lowest BCUT2D eigenvalue weighted by Gasteiger charge is -2.12. The Labute approximate surface area is 196 Å². The number of nitrogens with one attached hydrogen (secondary N) is 2. The van der Waals surface area contributed by atoms with Crippen molar-refractivity contribution in [1.29, 1.82) is 0 Å². The summed E-state index contributed by atoms with van der Waals surface area (Å²) in [6, 6.07) is 26.8. The third-order valence-electron chi connectivity index (χ3n) is 5.60. The number of hydrogen-bond donors (Lipinski definition) is 2. The summed E-state index contributed by atoms with van der Waals surface area (Å²) in [5, 5.41) is 7.82. The van der Waals surface area contributed by atoms with Crippen molar-refractivity contribution in [3.05, 3.63) is 109 Å². The van der Waals surface area contributed by atoms with Crippen molar-refractivity contribution in [1.82, 2.24) is 9.55 Å². The minimum atomic E-state index is -0.298. The van der Waals surface area contributed by atoms with E-state index in [0.29, 0.717) is 17.2 Å². The summed E-state index contributed by atoms with van der Waals surface area (Å²) in [4.78, 5) is 29.7. The van der Waals surface area contributed by atoms with E-state index in [4.69, 9.17) is 4.98 Å². The average molecular weight is 447 g/mol. The van der Waals surface area contributed by atoms with Gasteiger partial charge in [-0.2, -0.15) is 0 Å². The van der Waals surface area contributed by atoms with Crippen LogP contribution in [0.2, 0.25) is 0 Å². The van der Waals surface area contributed by atoms with Crippen molar-refractivity contribution in [2.24, 2.45) is 0 Å². The highest BCUT2D eigenvalue weighted by Crippen LogP contribution is 2.28. The summed E-state index contributed by atoms with van der Waals surface area (Å²) in [5.41, 5.74) is 4.57. The number of hydrogen-bond acceptors (Lipinski definition) is 3. The van der Waals surface area contributed by atoms with Gasteiger partial charge in [0.15, 0.2) is 0 Å². The number of nitrogens with zero attached hydrogens (tertiary/aromatic N) is 2. The monoisotopic (exact) mass is 446 g/mol. The molecule has 2 amide bonds. The molecule has 1 aromatic heterocycles. The van der Waals surface area contributed by atoms with Gasteiger partial charge in [-0.15, -0.1) is 0 Å². The van der Waals surface area contributed by atoms with E-state index in [2.05, 4.69) is 17.2 Å². The largest absolute Gasteiger partial charge is 0.322 e. The number of aryl methyl sites for hydroxylation is 1. The first-order valence-electron chi connectivity index (χ1n) is 10.8. The topological polar surface area (TPSA) is 76.0 Å². The second-order valence-electron chi connectivity index (χ2n) is 8.02. The molecule has 34 heavy (non-hydrogen) atoms. The molecule has 0 bridgehead atoms. The standard InChI is InChI=1S/C28H22N4O2/c1-3-26(33)29-22-9-6-10-23(17-22)32-25-14-11-18(2)15-24(25)30-28(32)31-27(34)21-13-12-19-7-4-5-8-20(19)16-21/h3-17H,1H2,2H3,(H,29,33)(H,30,31,34). The number of carbonyl (C=O) groups is 2. The van der Waals surface area contributed by atoms with Gasteiger partial charge in [0.1, 0.15) is 0 Å². The molecule has 0 radical (unpaired) electrons. The Balaban J connectivity index is 1.58. The smallest absolute Gasteiger partial charge is 0.258 e. The third-order valence-corrected chi connectivity index (χ3v) is 5.60. The predicted molar refractivity (Wildman–Crippen MR) is 137 cm³/mol. The molecule has 0 aliphatic heterocycles. The lowest BCUT2D eigenvalue weighted by atomic mass is 10.1. The zero-order valence-electron chi connectivity index (χ0n) is 18.6. The second-order valence-corrected chi connectivity index (χ2v) is 8.02. The molecule has 2 N–H and O–H groups in total. The van der Waals surface area contributed by atoms with Crippen LogP contribution in [0.15, 0.2) is 97.6 Å². The summed E-state index contributed by atoms with van der Waals surface area (Å²) in [7, 11) is 0. The molecule has 0 unspecified atom stereocenters. The Morgan fingerprint density at radius 1 is 0.882 bits per heavy atom. The van der Waals surface area contributed by atoms with Crippen molar-refractivity contribution >= 4 is 45.3 Å². The SMILES string of the molecule is C=CC(=O)Nc1cccc(-n2c(NC(=O)c3ccc4ccccc4c3)nc3cc(C)ccc32)c1. The van der Waals surface area contributed by atoms with Gasteiger partial charge < -0.3 is 5.32 Å². The van der Waals surface area contributed by atoms with Gasteiger partial charge in [0, 0.05) is 11.3 Å². The Bertz CT molecular complexity index is 1580. The first-order chi connectivity index (χ1) is 16.5. The molecule has 0 fully saturated rings. The average Bonchev–Trinajstić information content (AvgIpc) is 3.20. The van der Waals surface area contributed by atoms with E-state index in [0.717, 1.165) is 33.1 Å². The summed E-state index contributed by atoms with van der Waals surface area (Å²) in [6.45, 7) is 5.50. The van der Waals surface area contributed by atoms with E-state index in [1.54, 1.807) is 12.1 Å². The van der Waals surface area contributed by atoms with E-state index in [-0.39, 0.29) is 11.8 Å². The van der Waals surface area contributed by atoms with E-state index < -0.39 is 0 Å². The van der Waals surface area contributed by atoms with E-state index >= 15 is 0 Å². The van der Waals surface area contributed by atoms with E-state index in [9.17, 15) is 9.59 Å². The van der Waals surface area contributed by atoms with Crippen LogP contribution in [0.4, 0.5) is 11.6 Å². The van der Waals surface area contributed by atoms with Crippen LogP contribution < -0.4 is 10.6 Å². The summed E-state index contributed by atoms with van der Waals surface area (Å²) >= 11 is 0. The summed E-state index contributed by atoms with van der Waals surface area (Å²) in [5.74, 6) is -0.158. The number of amides is 2. The number of fused-ring (bicyclic) bond motifs is 2. The number of carbonyl (C=O) groups excluding carboxylic acids is 2. The van der Waals surface area contributed by atoms with Gasteiger partial charge in [-0.05, 0) is 71.8 Å². The number of imidazole rings is 1. The molecular formula is C28H22N4O2. The fraction of sp³-hybridized carbons (Fsp3) is 0.0357. The predicted octanol–water partition coefficient (Wildman–Crippen LogP) is 5.86. The zero-order valence-corrected chi connectivity index (χ0v) is 18.6. The van der Waals surface area contributed by atoms with Crippen LogP contribution in [-0.2, 0) is 4.79 Å². The molecule has 5 rings (SSSR count). The van der Waals surface area contributed by atoms with Gasteiger partial charge in [-0.3, -0.25) is 19.5 Å². The van der Waals surface area contributed by atoms with Crippen LogP contribution in [0, 0.1) is 6.92 Å². The third kappa shape index (κ3) is 4.04. The zero-order chi connectivity index (χ0) is 23.7. The molecule has 166 valence electrons. The fourth-order valence-corrected chi connectivity index (χ4v) is 3.96. The van der Waals surface area contributed by atoms with Crippen LogP contribution in [0.5, 0.6) is 0 Å². The molecule has 0 saturated heterocycles.